The summed E-state index contributed by atoms with van der Waals surface area (Å²) < 4.78 is 63.4. The van der Waals surface area contributed by atoms with Crippen LogP contribution in [0, 0.1) is 36.8 Å². The van der Waals surface area contributed by atoms with Crippen LogP contribution in [0.2, 0.25) is 0 Å². The third-order valence-corrected chi connectivity index (χ3v) is 11.8. The molecule has 7 rings (SSSR count). The first-order valence-corrected chi connectivity index (χ1v) is 24.3. The molecule has 0 spiro atoms. The Bertz CT molecular complexity index is 2700. The van der Waals surface area contributed by atoms with Crippen molar-refractivity contribution < 1.29 is 36.7 Å². The van der Waals surface area contributed by atoms with E-state index in [2.05, 4.69) is 68.6 Å². The number of carbonyl (C=O) groups is 3. The molecule has 3 amide bonds. The van der Waals surface area contributed by atoms with E-state index in [0.29, 0.717) is 59.6 Å². The number of unbranched alkanes of at least 4 members (excludes halogenated alkanes) is 2. The van der Waals surface area contributed by atoms with Gasteiger partial charge in [-0.25, -0.2) is 17.6 Å². The number of primary amides is 1. The van der Waals surface area contributed by atoms with E-state index in [4.69, 9.17) is 15.3 Å². The zero-order chi connectivity index (χ0) is 55.0. The van der Waals surface area contributed by atoms with E-state index in [0.717, 1.165) is 85.0 Å². The van der Waals surface area contributed by atoms with Crippen molar-refractivity contribution in [3.8, 4) is 29.7 Å². The molecular weight excluding hydrogens is 941 g/mol. The van der Waals surface area contributed by atoms with Crippen LogP contribution in [0.5, 0.6) is 5.75 Å². The van der Waals surface area contributed by atoms with E-state index in [1.165, 1.54) is 18.9 Å². The number of rotatable bonds is 13. The Kier molecular flexibility index (Phi) is 25.9. The SMILES string of the molecule is C#C.C=C=C(N)CCCCCn1cc(-c2cc3c(cc2C(F)F)N(c2cc(OC)cc4c2cc(C)c(=O)n4C)CCC3)cn1.CC.C[C@@H]1CCCN1C(=O)CC(C)(C)C.NC=O.O=CNc1c(F)cccc1F. The van der Waals surface area contributed by atoms with Crippen LogP contribution in [-0.2, 0) is 34.4 Å². The largest absolute Gasteiger partial charge is 0.497 e. The highest BCUT2D eigenvalue weighted by molar-refractivity contribution is 5.97. The quantitative estimate of drug-likeness (QED) is 0.0344. The molecular formula is C56H74F4N8O5. The first-order valence-electron chi connectivity index (χ1n) is 24.3. The normalized spacial score (nSPS) is 13.3. The number of aromatic nitrogens is 3. The van der Waals surface area contributed by atoms with Crippen LogP contribution >= 0.6 is 0 Å². The smallest absolute Gasteiger partial charge is 0.264 e. The van der Waals surface area contributed by atoms with Gasteiger partial charge in [0.25, 0.3) is 12.0 Å². The van der Waals surface area contributed by atoms with Crippen molar-refractivity contribution in [2.75, 3.05) is 30.4 Å². The maximum Gasteiger partial charge on any atom is 0.264 e. The topological polar surface area (TPSA) is 171 Å². The molecule has 17 heteroatoms. The molecule has 13 nitrogen and oxygen atoms in total. The van der Waals surface area contributed by atoms with E-state index in [9.17, 15) is 31.9 Å². The number of pyridine rings is 1. The number of hydrogen-bond acceptors (Lipinski definition) is 8. The average Bonchev–Trinajstić information content (AvgIpc) is 4.04. The number of carbonyl (C=O) groups excluding carboxylic acids is 3. The number of alkyl halides is 2. The number of aryl methyl sites for hydroxylation is 4. The molecule has 0 radical (unpaired) electrons. The van der Waals surface area contributed by atoms with Gasteiger partial charge in [-0.15, -0.1) is 18.6 Å². The van der Waals surface area contributed by atoms with Gasteiger partial charge < -0.3 is 35.9 Å². The summed E-state index contributed by atoms with van der Waals surface area (Å²) in [5, 5.41) is 7.24. The number of ether oxygens (including phenoxy) is 1. The molecule has 5 aromatic rings. The van der Waals surface area contributed by atoms with Crippen molar-refractivity contribution in [1.82, 2.24) is 19.2 Å². The van der Waals surface area contributed by atoms with E-state index in [1.54, 1.807) is 37.9 Å². The second-order valence-corrected chi connectivity index (χ2v) is 18.2. The molecule has 0 saturated carbocycles. The van der Waals surface area contributed by atoms with Crippen LogP contribution in [0.15, 0.2) is 83.7 Å². The molecule has 3 aromatic carbocycles. The van der Waals surface area contributed by atoms with Crippen molar-refractivity contribution >= 4 is 46.7 Å². The fourth-order valence-corrected chi connectivity index (χ4v) is 8.38. The van der Waals surface area contributed by atoms with Gasteiger partial charge in [-0.05, 0) is 106 Å². The predicted molar refractivity (Wildman–Crippen MR) is 286 cm³/mol. The number of terminal acetylenes is 1. The molecule has 2 aromatic heterocycles. The summed E-state index contributed by atoms with van der Waals surface area (Å²) in [7, 11) is 3.32. The van der Waals surface area contributed by atoms with Crippen LogP contribution < -0.4 is 32.0 Å². The molecule has 73 heavy (non-hydrogen) atoms. The number of likely N-dealkylation sites (tertiary alicyclic amines) is 1. The molecule has 1 saturated heterocycles. The van der Waals surface area contributed by atoms with Gasteiger partial charge in [-0.3, -0.25) is 23.9 Å². The summed E-state index contributed by atoms with van der Waals surface area (Å²) in [6, 6.07) is 13.0. The van der Waals surface area contributed by atoms with Gasteiger partial charge in [0, 0.05) is 85.2 Å². The highest BCUT2D eigenvalue weighted by Crippen LogP contribution is 2.44. The summed E-state index contributed by atoms with van der Waals surface area (Å²) in [6.07, 6.45) is 17.6. The van der Waals surface area contributed by atoms with Gasteiger partial charge in [0.15, 0.2) is 0 Å². The molecule has 5 N–H and O–H groups in total. The first-order chi connectivity index (χ1) is 34.8. The monoisotopic (exact) mass is 1010 g/mol. The molecule has 4 heterocycles. The second kappa shape index (κ2) is 30.5. The number of amides is 3. The Hall–Kier alpha value is -7.31. The standard InChI is InChI=1S/C33H37F2N5O2.C11H21NO.C7H5F2NO.C2H6.C2H2.CH3NO/c1-5-24(36)11-7-6-8-12-39-20-23(19-37-39)26-15-22-10-9-13-40(29(22)18-27(26)32(34)35)31-17-25(42-4)16-30-28(31)14-21(2)33(41)38(30)3;1-9-6-5-7-12(9)10(13)8-11(2,3)4;8-5-2-1-3-6(9)7(5)10-4-11;2*1-2;2-1-3/h14-20,32H,1,6-13,36H2,2-4H3;9H,5-8H2,1-4H3;1-4H,(H,10,11);1-2H3;1-2H;1H,(H2,2,3)/t;9-;;;;/m.1..../s1. The number of halogens is 4. The summed E-state index contributed by atoms with van der Waals surface area (Å²) in [5.41, 5.74) is 18.0. The number of nitrogens with two attached hydrogens (primary N) is 2. The Labute approximate surface area is 428 Å². The lowest BCUT2D eigenvalue weighted by Crippen LogP contribution is -2.35. The number of anilines is 3. The minimum Gasteiger partial charge on any atom is -0.497 e. The number of allylic oxidation sites excluding steroid dienone is 1. The Morgan fingerprint density at radius 1 is 1.03 bits per heavy atom. The molecule has 396 valence electrons. The van der Waals surface area contributed by atoms with Crippen molar-refractivity contribution in [2.24, 2.45) is 23.9 Å². The maximum absolute atomic E-state index is 14.6. The van der Waals surface area contributed by atoms with Crippen molar-refractivity contribution in [3.05, 3.63) is 118 Å². The second-order valence-electron chi connectivity index (χ2n) is 18.2. The first kappa shape index (κ1) is 61.8. The lowest BCUT2D eigenvalue weighted by Gasteiger charge is -2.34. The number of nitrogens with zero attached hydrogens (tertiary/aromatic N) is 5. The van der Waals surface area contributed by atoms with Gasteiger partial charge in [0.2, 0.25) is 18.7 Å². The molecule has 1 atom stereocenters. The van der Waals surface area contributed by atoms with E-state index in [1.807, 2.05) is 59.2 Å². The zero-order valence-corrected chi connectivity index (χ0v) is 43.9. The zero-order valence-electron chi connectivity index (χ0n) is 43.9. The lowest BCUT2D eigenvalue weighted by molar-refractivity contribution is -0.133. The van der Waals surface area contributed by atoms with Gasteiger partial charge in [0.05, 0.1) is 30.2 Å². The molecule has 2 aliphatic heterocycles. The lowest BCUT2D eigenvalue weighted by atomic mass is 9.91. The van der Waals surface area contributed by atoms with Crippen LogP contribution in [0.25, 0.3) is 22.0 Å². The van der Waals surface area contributed by atoms with Crippen LogP contribution in [-0.4, -0.2) is 64.2 Å². The molecule has 0 unspecified atom stereocenters. The van der Waals surface area contributed by atoms with Gasteiger partial charge in [0.1, 0.15) is 23.1 Å². The van der Waals surface area contributed by atoms with Crippen molar-refractivity contribution in [3.63, 3.8) is 0 Å². The van der Waals surface area contributed by atoms with Crippen LogP contribution in [0.1, 0.15) is 116 Å². The minimum atomic E-state index is -2.66. The maximum atomic E-state index is 14.6. The van der Waals surface area contributed by atoms with E-state index >= 15 is 0 Å². The van der Waals surface area contributed by atoms with Crippen molar-refractivity contribution in [2.45, 2.75) is 125 Å². The number of fused-ring (bicyclic) bond motifs is 2. The molecule has 2 aliphatic rings. The minimum absolute atomic E-state index is 0.0253. The third-order valence-electron chi connectivity index (χ3n) is 11.8. The summed E-state index contributed by atoms with van der Waals surface area (Å²) in [4.78, 5) is 47.0. The van der Waals surface area contributed by atoms with Crippen molar-refractivity contribution in [1.29, 1.82) is 0 Å². The number of para-hydroxylation sites is 1. The van der Waals surface area contributed by atoms with Crippen LogP contribution in [0.4, 0.5) is 34.6 Å². The number of hydrogen-bond donors (Lipinski definition) is 3. The molecule has 0 bridgehead atoms. The predicted octanol–water partition coefficient (Wildman–Crippen LogP) is 11.3. The summed E-state index contributed by atoms with van der Waals surface area (Å²) >= 11 is 0. The Morgan fingerprint density at radius 2 is 1.68 bits per heavy atom. The highest BCUT2D eigenvalue weighted by Gasteiger charge is 2.29. The third kappa shape index (κ3) is 17.7. The molecule has 1 fully saturated rings. The fourth-order valence-electron chi connectivity index (χ4n) is 8.38. The van der Waals surface area contributed by atoms with E-state index < -0.39 is 23.7 Å². The number of nitrogens with one attached hydrogen (secondary N) is 1. The van der Waals surface area contributed by atoms with Crippen LogP contribution in [0.3, 0.4) is 0 Å². The number of methoxy groups -OCH3 is 1. The van der Waals surface area contributed by atoms with E-state index in [-0.39, 0.29) is 29.4 Å². The number of benzene rings is 3. The molecule has 0 aliphatic carbocycles. The average molecular weight is 1020 g/mol. The highest BCUT2D eigenvalue weighted by atomic mass is 19.3. The van der Waals surface area contributed by atoms with Gasteiger partial charge in [-0.2, -0.15) is 5.10 Å². The summed E-state index contributed by atoms with van der Waals surface area (Å²) in [6.45, 7) is 20.2. The Morgan fingerprint density at radius 3 is 2.25 bits per heavy atom. The summed E-state index contributed by atoms with van der Waals surface area (Å²) in [5.74, 6) is -0.631. The fraction of sp³-hybridized carbons (Fsp3) is 0.429. The van der Waals surface area contributed by atoms with Gasteiger partial charge in [-0.1, -0.05) is 53.7 Å². The Balaban J connectivity index is 0.000000477. The van der Waals surface area contributed by atoms with Gasteiger partial charge >= 0.3 is 0 Å².